The Balaban J connectivity index is 2.05. The lowest BCUT2D eigenvalue weighted by molar-refractivity contribution is 0.585. The van der Waals surface area contributed by atoms with Gasteiger partial charge in [-0.05, 0) is 55.9 Å². The highest BCUT2D eigenvalue weighted by Gasteiger charge is 2.10. The van der Waals surface area contributed by atoms with E-state index in [1.54, 1.807) is 6.20 Å². The summed E-state index contributed by atoms with van der Waals surface area (Å²) in [6.07, 6.45) is 11.2. The summed E-state index contributed by atoms with van der Waals surface area (Å²) in [4.78, 5) is 8.28. The molecule has 19 heavy (non-hydrogen) atoms. The smallest absolute Gasteiger partial charge is 0.223 e. The first kappa shape index (κ1) is 14.6. The van der Waals surface area contributed by atoms with Crippen LogP contribution < -0.4 is 0 Å². The molecule has 2 aromatic rings. The molecule has 0 spiro atoms. The summed E-state index contributed by atoms with van der Waals surface area (Å²) in [5, 5.41) is 4.81. The number of hydrogen-bond donors (Lipinski definition) is 0. The van der Waals surface area contributed by atoms with Crippen molar-refractivity contribution in [1.82, 2.24) is 19.7 Å². The van der Waals surface area contributed by atoms with Gasteiger partial charge in [0.1, 0.15) is 11.0 Å². The van der Waals surface area contributed by atoms with Crippen LogP contribution >= 0.6 is 21.6 Å². The Kier molecular flexibility index (Phi) is 4.36. The molecule has 0 bridgehead atoms. The van der Waals surface area contributed by atoms with E-state index in [2.05, 4.69) is 33.8 Å². The van der Waals surface area contributed by atoms with Crippen molar-refractivity contribution in [2.24, 2.45) is 0 Å². The number of aromatic nitrogens is 4. The van der Waals surface area contributed by atoms with E-state index in [9.17, 15) is 0 Å². The minimum Gasteiger partial charge on any atom is -0.261 e. The van der Waals surface area contributed by atoms with E-state index >= 15 is 0 Å². The minimum absolute atomic E-state index is 0.284. The van der Waals surface area contributed by atoms with Crippen molar-refractivity contribution in [3.05, 3.63) is 17.2 Å². The summed E-state index contributed by atoms with van der Waals surface area (Å²) < 4.78 is 2.00. The third-order valence-corrected chi connectivity index (χ3v) is 4.70. The van der Waals surface area contributed by atoms with Gasteiger partial charge in [0.05, 0.1) is 11.9 Å². The predicted octanol–water partition coefficient (Wildman–Crippen LogP) is 3.26. The monoisotopic (exact) mass is 300 g/mol. The van der Waals surface area contributed by atoms with Crippen LogP contribution in [0.1, 0.15) is 18.5 Å². The first-order valence-electron chi connectivity index (χ1n) is 6.38. The van der Waals surface area contributed by atoms with E-state index in [-0.39, 0.29) is 5.28 Å². The lowest BCUT2D eigenvalue weighted by atomic mass is 10.3. The number of aryl methyl sites for hydroxylation is 2. The standard InChI is InChI=1S/C13H21ClN4S/c1-10-12-11(9-15-13(14)16-12)18(17-10)7-5-6-8-19(2,3)4/h9H,5-8H2,1-4H3. The summed E-state index contributed by atoms with van der Waals surface area (Å²) in [6.45, 7) is 2.88. The maximum absolute atomic E-state index is 5.82. The van der Waals surface area contributed by atoms with Crippen LogP contribution in [0.25, 0.3) is 11.0 Å². The fraction of sp³-hybridized carbons (Fsp3) is 0.615. The molecule has 0 aliphatic rings. The van der Waals surface area contributed by atoms with Crippen LogP contribution in [-0.2, 0) is 6.54 Å². The molecule has 6 heteroatoms. The van der Waals surface area contributed by atoms with Crippen molar-refractivity contribution < 1.29 is 0 Å². The van der Waals surface area contributed by atoms with Crippen molar-refractivity contribution in [3.8, 4) is 0 Å². The van der Waals surface area contributed by atoms with Crippen molar-refractivity contribution in [2.45, 2.75) is 26.3 Å². The van der Waals surface area contributed by atoms with Crippen LogP contribution in [0.2, 0.25) is 5.28 Å². The minimum atomic E-state index is -0.393. The molecule has 106 valence electrons. The third-order valence-electron chi connectivity index (χ3n) is 3.01. The van der Waals surface area contributed by atoms with Crippen molar-refractivity contribution in [3.63, 3.8) is 0 Å². The lowest BCUT2D eigenvalue weighted by Gasteiger charge is -2.24. The van der Waals surface area contributed by atoms with Gasteiger partial charge in [-0.25, -0.2) is 20.0 Å². The Morgan fingerprint density at radius 2 is 2.00 bits per heavy atom. The molecule has 0 saturated carbocycles. The van der Waals surface area contributed by atoms with Gasteiger partial charge < -0.3 is 0 Å². The first-order valence-corrected chi connectivity index (χ1v) is 9.79. The second-order valence-electron chi connectivity index (χ2n) is 5.68. The van der Waals surface area contributed by atoms with Gasteiger partial charge in [-0.15, -0.1) is 0 Å². The zero-order chi connectivity index (χ0) is 14.0. The molecule has 2 aromatic heterocycles. The van der Waals surface area contributed by atoms with Gasteiger partial charge in [-0.1, -0.05) is 0 Å². The van der Waals surface area contributed by atoms with Gasteiger partial charge in [-0.2, -0.15) is 5.10 Å². The van der Waals surface area contributed by atoms with Crippen LogP contribution in [-0.4, -0.2) is 44.3 Å². The van der Waals surface area contributed by atoms with Crippen molar-refractivity contribution >= 4 is 32.7 Å². The van der Waals surface area contributed by atoms with Crippen LogP contribution in [0.4, 0.5) is 0 Å². The first-order chi connectivity index (χ1) is 8.87. The van der Waals surface area contributed by atoms with Gasteiger partial charge in [0.25, 0.3) is 0 Å². The summed E-state index contributed by atoms with van der Waals surface area (Å²) >= 11 is 5.82. The quantitative estimate of drug-likeness (QED) is 0.629. The van der Waals surface area contributed by atoms with E-state index in [0.29, 0.717) is 0 Å². The molecule has 0 aliphatic carbocycles. The SMILES string of the molecule is Cc1nn(CCCCS(C)(C)C)c2cnc(Cl)nc12. The lowest BCUT2D eigenvalue weighted by Crippen LogP contribution is -2.04. The number of fused-ring (bicyclic) bond motifs is 1. The van der Waals surface area contributed by atoms with E-state index in [1.807, 2.05) is 11.6 Å². The Bertz CT molecular complexity index is 574. The predicted molar refractivity (Wildman–Crippen MR) is 84.5 cm³/mol. The zero-order valence-corrected chi connectivity index (χ0v) is 13.6. The molecular formula is C13H21ClN4S. The number of hydrogen-bond acceptors (Lipinski definition) is 3. The van der Waals surface area contributed by atoms with Crippen LogP contribution in [0, 0.1) is 6.92 Å². The summed E-state index contributed by atoms with van der Waals surface area (Å²) in [6, 6.07) is 0. The number of unbranched alkanes of at least 4 members (excludes halogenated alkanes) is 1. The second-order valence-corrected chi connectivity index (χ2v) is 10.6. The highest BCUT2D eigenvalue weighted by atomic mass is 35.5. The Morgan fingerprint density at radius 3 is 2.68 bits per heavy atom. The molecular weight excluding hydrogens is 280 g/mol. The number of nitrogens with zero attached hydrogens (tertiary/aromatic N) is 4. The molecule has 0 aliphatic heterocycles. The maximum atomic E-state index is 5.82. The van der Waals surface area contributed by atoms with Crippen molar-refractivity contribution in [2.75, 3.05) is 24.5 Å². The molecule has 4 nitrogen and oxygen atoms in total. The highest BCUT2D eigenvalue weighted by Crippen LogP contribution is 2.35. The molecule has 0 atom stereocenters. The van der Waals surface area contributed by atoms with E-state index < -0.39 is 10.0 Å². The summed E-state index contributed by atoms with van der Waals surface area (Å²) in [5.41, 5.74) is 2.76. The third kappa shape index (κ3) is 3.83. The molecule has 2 rings (SSSR count). The molecule has 0 aromatic carbocycles. The topological polar surface area (TPSA) is 43.6 Å². The van der Waals surface area contributed by atoms with Gasteiger partial charge in [0, 0.05) is 6.54 Å². The molecule has 0 fully saturated rings. The highest BCUT2D eigenvalue weighted by molar-refractivity contribution is 8.32. The molecule has 0 unspecified atom stereocenters. The average molecular weight is 301 g/mol. The molecule has 0 N–H and O–H groups in total. The van der Waals surface area contributed by atoms with Gasteiger partial charge >= 0.3 is 0 Å². The van der Waals surface area contributed by atoms with Crippen LogP contribution in [0.5, 0.6) is 0 Å². The number of rotatable bonds is 5. The van der Waals surface area contributed by atoms with Gasteiger partial charge in [0.2, 0.25) is 5.28 Å². The zero-order valence-electron chi connectivity index (χ0n) is 12.0. The van der Waals surface area contributed by atoms with Crippen LogP contribution in [0.15, 0.2) is 6.20 Å². The maximum Gasteiger partial charge on any atom is 0.223 e. The van der Waals surface area contributed by atoms with Gasteiger partial charge in [-0.3, -0.25) is 4.68 Å². The second kappa shape index (κ2) is 5.67. The Hall–Kier alpha value is -0.810. The van der Waals surface area contributed by atoms with Crippen molar-refractivity contribution in [1.29, 1.82) is 0 Å². The van der Waals surface area contributed by atoms with Crippen LogP contribution in [0.3, 0.4) is 0 Å². The molecule has 0 amide bonds. The molecule has 0 radical (unpaired) electrons. The van der Waals surface area contributed by atoms with E-state index in [0.717, 1.165) is 29.7 Å². The largest absolute Gasteiger partial charge is 0.261 e. The molecule has 2 heterocycles. The normalized spacial score (nSPS) is 13.1. The Morgan fingerprint density at radius 1 is 1.26 bits per heavy atom. The Labute approximate surface area is 120 Å². The number of halogens is 1. The fourth-order valence-electron chi connectivity index (χ4n) is 2.06. The van der Waals surface area contributed by atoms with Gasteiger partial charge in [0.15, 0.2) is 0 Å². The van der Waals surface area contributed by atoms with E-state index in [4.69, 9.17) is 11.6 Å². The van der Waals surface area contributed by atoms with E-state index in [1.165, 1.54) is 12.2 Å². The summed E-state index contributed by atoms with van der Waals surface area (Å²) in [7, 11) is -0.393. The fourth-order valence-corrected chi connectivity index (χ4v) is 3.26. The summed E-state index contributed by atoms with van der Waals surface area (Å²) in [5.74, 6) is 1.31. The molecule has 0 saturated heterocycles. The average Bonchev–Trinajstić information content (AvgIpc) is 2.60.